The molecule has 0 aromatic carbocycles. The smallest absolute Gasteiger partial charge is 0.0771 e. The second-order valence-corrected chi connectivity index (χ2v) is 4.28. The van der Waals surface area contributed by atoms with Gasteiger partial charge in [0.25, 0.3) is 0 Å². The summed E-state index contributed by atoms with van der Waals surface area (Å²) in [6, 6.07) is 0. The molecule has 0 heterocycles. The molecule has 0 aliphatic rings. The van der Waals surface area contributed by atoms with E-state index in [0.29, 0.717) is 12.5 Å². The van der Waals surface area contributed by atoms with Crippen LogP contribution in [0.2, 0.25) is 0 Å². The van der Waals surface area contributed by atoms with Gasteiger partial charge < -0.3 is 10.8 Å². The van der Waals surface area contributed by atoms with Crippen molar-refractivity contribution in [3.8, 4) is 0 Å². The molecular weight excluding hydrogens is 162 g/mol. The van der Waals surface area contributed by atoms with E-state index in [4.69, 9.17) is 5.73 Å². The van der Waals surface area contributed by atoms with Crippen molar-refractivity contribution in [2.75, 3.05) is 6.54 Å². The molecule has 0 spiro atoms. The predicted octanol–water partition coefficient (Wildman–Crippen LogP) is 2.30. The van der Waals surface area contributed by atoms with E-state index in [1.807, 2.05) is 0 Å². The molecule has 2 unspecified atom stereocenters. The van der Waals surface area contributed by atoms with E-state index in [-0.39, 0.29) is 0 Å². The summed E-state index contributed by atoms with van der Waals surface area (Å²) in [5, 5.41) is 10.1. The van der Waals surface area contributed by atoms with Crippen LogP contribution in [0.15, 0.2) is 0 Å². The molecule has 0 amide bonds. The fourth-order valence-electron chi connectivity index (χ4n) is 2.00. The van der Waals surface area contributed by atoms with Crippen LogP contribution in [0, 0.1) is 5.92 Å². The number of hydrogen-bond donors (Lipinski definition) is 2. The first-order valence-corrected chi connectivity index (χ1v) is 5.50. The van der Waals surface area contributed by atoms with Gasteiger partial charge in [-0.3, -0.25) is 0 Å². The number of nitrogens with two attached hydrogens (primary N) is 1. The van der Waals surface area contributed by atoms with Crippen molar-refractivity contribution in [3.05, 3.63) is 0 Å². The van der Waals surface area contributed by atoms with Gasteiger partial charge in [-0.15, -0.1) is 0 Å². The summed E-state index contributed by atoms with van der Waals surface area (Å²) in [5.41, 5.74) is 4.98. The van der Waals surface area contributed by atoms with Gasteiger partial charge >= 0.3 is 0 Å². The van der Waals surface area contributed by atoms with Crippen molar-refractivity contribution in [1.82, 2.24) is 0 Å². The maximum absolute atomic E-state index is 10.1. The zero-order chi connectivity index (χ0) is 10.3. The fourth-order valence-corrected chi connectivity index (χ4v) is 2.00. The van der Waals surface area contributed by atoms with E-state index < -0.39 is 5.60 Å². The summed E-state index contributed by atoms with van der Waals surface area (Å²) >= 11 is 0. The van der Waals surface area contributed by atoms with Gasteiger partial charge in [-0.1, -0.05) is 40.0 Å². The van der Waals surface area contributed by atoms with Gasteiger partial charge in [-0.25, -0.2) is 0 Å². The minimum Gasteiger partial charge on any atom is -0.389 e. The zero-order valence-corrected chi connectivity index (χ0v) is 9.34. The fraction of sp³-hybridized carbons (Fsp3) is 1.00. The van der Waals surface area contributed by atoms with Gasteiger partial charge in [0, 0.05) is 6.54 Å². The molecule has 2 heteroatoms. The highest BCUT2D eigenvalue weighted by atomic mass is 16.3. The van der Waals surface area contributed by atoms with Crippen LogP contribution in [0.1, 0.15) is 52.9 Å². The minimum atomic E-state index is -0.608. The molecule has 0 aromatic rings. The van der Waals surface area contributed by atoms with Crippen LogP contribution in [0.4, 0.5) is 0 Å². The largest absolute Gasteiger partial charge is 0.389 e. The predicted molar refractivity (Wildman–Crippen MR) is 57.6 cm³/mol. The third-order valence-corrected chi connectivity index (χ3v) is 2.61. The van der Waals surface area contributed by atoms with Crippen LogP contribution in [0.3, 0.4) is 0 Å². The van der Waals surface area contributed by atoms with E-state index in [0.717, 1.165) is 19.3 Å². The van der Waals surface area contributed by atoms with Crippen LogP contribution < -0.4 is 5.73 Å². The minimum absolute atomic E-state index is 0.398. The van der Waals surface area contributed by atoms with Gasteiger partial charge in [0.2, 0.25) is 0 Å². The molecule has 3 N–H and O–H groups in total. The van der Waals surface area contributed by atoms with E-state index in [1.54, 1.807) is 0 Å². The summed E-state index contributed by atoms with van der Waals surface area (Å²) in [7, 11) is 0. The van der Waals surface area contributed by atoms with Crippen LogP contribution >= 0.6 is 0 Å². The van der Waals surface area contributed by atoms with E-state index in [2.05, 4.69) is 20.8 Å². The van der Waals surface area contributed by atoms with Crippen LogP contribution in [0.25, 0.3) is 0 Å². The molecular formula is C11H25NO. The van der Waals surface area contributed by atoms with Gasteiger partial charge in [0.05, 0.1) is 5.60 Å². The van der Waals surface area contributed by atoms with Gasteiger partial charge in [-0.2, -0.15) is 0 Å². The Kier molecular flexibility index (Phi) is 6.35. The van der Waals surface area contributed by atoms with E-state index in [1.165, 1.54) is 12.8 Å². The van der Waals surface area contributed by atoms with E-state index in [9.17, 15) is 5.11 Å². The highest BCUT2D eigenvalue weighted by Gasteiger charge is 2.25. The quantitative estimate of drug-likeness (QED) is 0.642. The van der Waals surface area contributed by atoms with Crippen LogP contribution in [0.5, 0.6) is 0 Å². The van der Waals surface area contributed by atoms with Crippen molar-refractivity contribution in [1.29, 1.82) is 0 Å². The second kappa shape index (κ2) is 6.39. The van der Waals surface area contributed by atoms with Crippen molar-refractivity contribution in [2.45, 2.75) is 58.5 Å². The van der Waals surface area contributed by atoms with Crippen molar-refractivity contribution < 1.29 is 5.11 Å². The summed E-state index contributed by atoms with van der Waals surface area (Å²) in [6.45, 7) is 6.86. The van der Waals surface area contributed by atoms with Crippen molar-refractivity contribution in [2.24, 2.45) is 11.7 Å². The number of hydrogen-bond acceptors (Lipinski definition) is 2. The Balaban J connectivity index is 3.93. The molecule has 0 radical (unpaired) electrons. The monoisotopic (exact) mass is 187 g/mol. The van der Waals surface area contributed by atoms with Gasteiger partial charge in [-0.05, 0) is 18.8 Å². The lowest BCUT2D eigenvalue weighted by atomic mass is 9.86. The average molecular weight is 187 g/mol. The highest BCUT2D eigenvalue weighted by molar-refractivity contribution is 4.80. The lowest BCUT2D eigenvalue weighted by Crippen LogP contribution is -2.39. The Morgan fingerprint density at radius 1 is 1.31 bits per heavy atom. The third-order valence-electron chi connectivity index (χ3n) is 2.61. The molecule has 0 saturated heterocycles. The summed E-state index contributed by atoms with van der Waals surface area (Å²) < 4.78 is 0. The Hall–Kier alpha value is -0.0800. The Labute approximate surface area is 82.5 Å². The molecule has 0 rings (SSSR count). The molecule has 0 aliphatic heterocycles. The molecule has 0 saturated carbocycles. The first-order chi connectivity index (χ1) is 6.08. The Bertz CT molecular complexity index is 127. The van der Waals surface area contributed by atoms with Crippen LogP contribution in [-0.2, 0) is 0 Å². The van der Waals surface area contributed by atoms with Crippen molar-refractivity contribution >= 4 is 0 Å². The maximum Gasteiger partial charge on any atom is 0.0771 e. The lowest BCUT2D eigenvalue weighted by Gasteiger charge is -2.29. The lowest BCUT2D eigenvalue weighted by molar-refractivity contribution is 0.0160. The standard InChI is InChI=1S/C11H25NO/c1-4-6-10(3)8-11(13,9-12)7-5-2/h10,13H,4-9,12H2,1-3H3. The highest BCUT2D eigenvalue weighted by Crippen LogP contribution is 2.23. The molecule has 80 valence electrons. The molecule has 0 aliphatic carbocycles. The second-order valence-electron chi connectivity index (χ2n) is 4.28. The van der Waals surface area contributed by atoms with Gasteiger partial charge in [0.15, 0.2) is 0 Å². The molecule has 0 aromatic heterocycles. The van der Waals surface area contributed by atoms with Gasteiger partial charge in [0.1, 0.15) is 0 Å². The number of rotatable bonds is 7. The first kappa shape index (κ1) is 12.9. The normalized spacial score (nSPS) is 18.2. The summed E-state index contributed by atoms with van der Waals surface area (Å²) in [4.78, 5) is 0. The SMILES string of the molecule is CCCC(C)CC(O)(CN)CCC. The van der Waals surface area contributed by atoms with Crippen molar-refractivity contribution in [3.63, 3.8) is 0 Å². The molecule has 13 heavy (non-hydrogen) atoms. The van der Waals surface area contributed by atoms with E-state index >= 15 is 0 Å². The molecule has 2 atom stereocenters. The number of aliphatic hydroxyl groups is 1. The first-order valence-electron chi connectivity index (χ1n) is 5.50. The Morgan fingerprint density at radius 2 is 1.92 bits per heavy atom. The summed E-state index contributed by atoms with van der Waals surface area (Å²) in [5.74, 6) is 0.588. The van der Waals surface area contributed by atoms with Crippen LogP contribution in [-0.4, -0.2) is 17.3 Å². The summed E-state index contributed by atoms with van der Waals surface area (Å²) in [6.07, 6.45) is 5.06. The molecule has 2 nitrogen and oxygen atoms in total. The topological polar surface area (TPSA) is 46.2 Å². The molecule has 0 bridgehead atoms. The average Bonchev–Trinajstić information content (AvgIpc) is 2.05. The zero-order valence-electron chi connectivity index (χ0n) is 9.34. The molecule has 0 fully saturated rings. The maximum atomic E-state index is 10.1. The third kappa shape index (κ3) is 5.27. The Morgan fingerprint density at radius 3 is 2.31 bits per heavy atom.